The number of aromatic amines is 2. The number of halogens is 1. The Labute approximate surface area is 263 Å². The van der Waals surface area contributed by atoms with Gasteiger partial charge in [0.15, 0.2) is 0 Å². The number of ether oxygens (including phenoxy) is 1. The van der Waals surface area contributed by atoms with Crippen molar-refractivity contribution in [1.82, 2.24) is 30.0 Å². The van der Waals surface area contributed by atoms with E-state index >= 15 is 0 Å². The first-order valence-electron chi connectivity index (χ1n) is 14.9. The Morgan fingerprint density at radius 2 is 1.98 bits per heavy atom. The SMILES string of the molecule is Cc1[nH]nc2ccc(NC(=O)c3ccc4nc(CN5CC=C(c6cccc(OCc7ccc(C#N)cc7F)n6)CC5)[nH]c4c3)cc12. The molecule has 0 spiro atoms. The molecule has 7 rings (SSSR count). The molecule has 0 radical (unpaired) electrons. The van der Waals surface area contributed by atoms with E-state index in [4.69, 9.17) is 15.0 Å². The number of aromatic nitrogens is 5. The summed E-state index contributed by atoms with van der Waals surface area (Å²) in [7, 11) is 0. The molecule has 0 unspecified atom stereocenters. The van der Waals surface area contributed by atoms with Gasteiger partial charge in [-0.15, -0.1) is 0 Å². The van der Waals surface area contributed by atoms with Gasteiger partial charge in [0.05, 0.1) is 40.4 Å². The molecule has 0 saturated heterocycles. The molecule has 3 aromatic heterocycles. The van der Waals surface area contributed by atoms with E-state index in [-0.39, 0.29) is 18.1 Å². The number of nitrogens with one attached hydrogen (secondary N) is 3. The van der Waals surface area contributed by atoms with Crippen LogP contribution in [0.3, 0.4) is 0 Å². The molecule has 11 heteroatoms. The van der Waals surface area contributed by atoms with Crippen molar-refractivity contribution in [3.63, 3.8) is 0 Å². The highest BCUT2D eigenvalue weighted by Crippen LogP contribution is 2.25. The summed E-state index contributed by atoms with van der Waals surface area (Å²) in [5, 5.41) is 20.1. The van der Waals surface area contributed by atoms with Gasteiger partial charge in [0, 0.05) is 47.1 Å². The normalized spacial score (nSPS) is 13.5. The summed E-state index contributed by atoms with van der Waals surface area (Å²) in [5.74, 6) is 0.565. The van der Waals surface area contributed by atoms with Crippen molar-refractivity contribution in [2.24, 2.45) is 0 Å². The Morgan fingerprint density at radius 3 is 2.80 bits per heavy atom. The maximum absolute atomic E-state index is 14.2. The van der Waals surface area contributed by atoms with Crippen LogP contribution in [0.15, 0.2) is 78.9 Å². The molecule has 46 heavy (non-hydrogen) atoms. The van der Waals surface area contributed by atoms with Crippen LogP contribution in [0.25, 0.3) is 27.5 Å². The number of rotatable bonds is 8. The smallest absolute Gasteiger partial charge is 0.255 e. The van der Waals surface area contributed by atoms with Crippen molar-refractivity contribution in [2.45, 2.75) is 26.5 Å². The number of amides is 1. The van der Waals surface area contributed by atoms with Crippen molar-refractivity contribution < 1.29 is 13.9 Å². The minimum Gasteiger partial charge on any atom is -0.473 e. The van der Waals surface area contributed by atoms with Crippen LogP contribution in [0.5, 0.6) is 5.88 Å². The predicted octanol–water partition coefficient (Wildman–Crippen LogP) is 6.27. The maximum atomic E-state index is 14.2. The summed E-state index contributed by atoms with van der Waals surface area (Å²) >= 11 is 0. The number of carbonyl (C=O) groups is 1. The zero-order valence-corrected chi connectivity index (χ0v) is 25.0. The van der Waals surface area contributed by atoms with Crippen LogP contribution in [0.2, 0.25) is 0 Å². The van der Waals surface area contributed by atoms with E-state index in [0.29, 0.717) is 29.2 Å². The number of hydrogen-bond acceptors (Lipinski definition) is 7. The summed E-state index contributed by atoms with van der Waals surface area (Å²) in [6.07, 6.45) is 2.96. The minimum absolute atomic E-state index is 0.0203. The number of pyridine rings is 1. The number of hydrogen-bond donors (Lipinski definition) is 3. The highest BCUT2D eigenvalue weighted by Gasteiger charge is 2.17. The van der Waals surface area contributed by atoms with E-state index < -0.39 is 5.82 Å². The molecule has 3 N–H and O–H groups in total. The van der Waals surface area contributed by atoms with Crippen LogP contribution in [-0.4, -0.2) is 49.0 Å². The van der Waals surface area contributed by atoms with Crippen LogP contribution in [0, 0.1) is 24.1 Å². The quantitative estimate of drug-likeness (QED) is 0.184. The second-order valence-electron chi connectivity index (χ2n) is 11.2. The van der Waals surface area contributed by atoms with Crippen molar-refractivity contribution in [2.75, 3.05) is 18.4 Å². The minimum atomic E-state index is -0.476. The molecule has 0 bridgehead atoms. The Bertz CT molecular complexity index is 2180. The van der Waals surface area contributed by atoms with Crippen LogP contribution in [0.1, 0.15) is 45.1 Å². The monoisotopic (exact) mass is 612 g/mol. The third kappa shape index (κ3) is 6.06. The molecule has 0 atom stereocenters. The molecular weight excluding hydrogens is 583 g/mol. The number of benzene rings is 3. The first kappa shape index (κ1) is 28.9. The molecule has 4 heterocycles. The zero-order valence-electron chi connectivity index (χ0n) is 25.0. The highest BCUT2D eigenvalue weighted by atomic mass is 19.1. The molecule has 0 saturated carbocycles. The van der Waals surface area contributed by atoms with Gasteiger partial charge in [-0.3, -0.25) is 14.8 Å². The van der Waals surface area contributed by atoms with E-state index in [1.54, 1.807) is 24.3 Å². The number of aryl methyl sites for hydroxylation is 1. The molecule has 0 fully saturated rings. The van der Waals surface area contributed by atoms with Crippen molar-refractivity contribution in [3.05, 3.63) is 119 Å². The van der Waals surface area contributed by atoms with Crippen molar-refractivity contribution in [1.29, 1.82) is 5.26 Å². The Hall–Kier alpha value is -5.86. The van der Waals surface area contributed by atoms with Gasteiger partial charge in [-0.05, 0) is 73.5 Å². The van der Waals surface area contributed by atoms with E-state index in [1.807, 2.05) is 55.5 Å². The first-order chi connectivity index (χ1) is 22.4. The fraction of sp³-hybridized carbons (Fsp3) is 0.171. The summed E-state index contributed by atoms with van der Waals surface area (Å²) < 4.78 is 20.0. The topological polar surface area (TPSA) is 136 Å². The number of nitrogens with zero attached hydrogens (tertiary/aromatic N) is 5. The van der Waals surface area contributed by atoms with Crippen LogP contribution >= 0.6 is 0 Å². The van der Waals surface area contributed by atoms with Gasteiger partial charge < -0.3 is 15.0 Å². The van der Waals surface area contributed by atoms with Gasteiger partial charge in [0.25, 0.3) is 5.91 Å². The summed E-state index contributed by atoms with van der Waals surface area (Å²) in [4.78, 5) is 28.1. The molecule has 1 amide bonds. The van der Waals surface area contributed by atoms with Crippen molar-refractivity contribution >= 4 is 39.1 Å². The summed E-state index contributed by atoms with van der Waals surface area (Å²) in [6.45, 7) is 4.15. The zero-order chi connectivity index (χ0) is 31.6. The third-order valence-corrected chi connectivity index (χ3v) is 8.07. The lowest BCUT2D eigenvalue weighted by molar-refractivity contribution is 0.102. The van der Waals surface area contributed by atoms with Gasteiger partial charge in [0.1, 0.15) is 18.2 Å². The number of fused-ring (bicyclic) bond motifs is 2. The molecule has 1 aliphatic rings. The molecule has 3 aromatic carbocycles. The number of H-pyrrole nitrogens is 2. The lowest BCUT2D eigenvalue weighted by atomic mass is 10.0. The van der Waals surface area contributed by atoms with Crippen LogP contribution in [0.4, 0.5) is 10.1 Å². The van der Waals surface area contributed by atoms with Gasteiger partial charge >= 0.3 is 0 Å². The fourth-order valence-corrected chi connectivity index (χ4v) is 5.56. The van der Waals surface area contributed by atoms with E-state index in [1.165, 1.54) is 6.07 Å². The van der Waals surface area contributed by atoms with E-state index in [2.05, 4.69) is 36.5 Å². The fourth-order valence-electron chi connectivity index (χ4n) is 5.56. The summed E-state index contributed by atoms with van der Waals surface area (Å²) in [5.41, 5.74) is 7.23. The molecule has 1 aliphatic heterocycles. The summed E-state index contributed by atoms with van der Waals surface area (Å²) in [6, 6.07) is 22.9. The lowest BCUT2D eigenvalue weighted by Crippen LogP contribution is -2.28. The average Bonchev–Trinajstić information content (AvgIpc) is 3.66. The van der Waals surface area contributed by atoms with Gasteiger partial charge in [-0.25, -0.2) is 14.4 Å². The van der Waals surface area contributed by atoms with Crippen molar-refractivity contribution in [3.8, 4) is 11.9 Å². The third-order valence-electron chi connectivity index (χ3n) is 8.07. The van der Waals surface area contributed by atoms with Crippen LogP contribution in [-0.2, 0) is 13.2 Å². The number of anilines is 1. The maximum Gasteiger partial charge on any atom is 0.255 e. The number of carbonyl (C=O) groups excluding carboxylic acids is 1. The van der Waals surface area contributed by atoms with E-state index in [9.17, 15) is 9.18 Å². The molecule has 10 nitrogen and oxygen atoms in total. The Balaban J connectivity index is 0.968. The predicted molar refractivity (Wildman–Crippen MR) is 172 cm³/mol. The Kier molecular flexibility index (Phi) is 7.70. The van der Waals surface area contributed by atoms with E-state index in [0.717, 1.165) is 64.2 Å². The van der Waals surface area contributed by atoms with Crippen LogP contribution < -0.4 is 10.1 Å². The van der Waals surface area contributed by atoms with Gasteiger partial charge in [-0.1, -0.05) is 18.2 Å². The van der Waals surface area contributed by atoms with Gasteiger partial charge in [0.2, 0.25) is 5.88 Å². The molecule has 0 aliphatic carbocycles. The van der Waals surface area contributed by atoms with Gasteiger partial charge in [-0.2, -0.15) is 10.4 Å². The Morgan fingerprint density at radius 1 is 1.09 bits per heavy atom. The lowest BCUT2D eigenvalue weighted by Gasteiger charge is -2.25. The second-order valence-corrected chi connectivity index (χ2v) is 11.2. The second kappa shape index (κ2) is 12.3. The number of nitriles is 1. The molecular formula is C35H29FN8O2. The first-order valence-corrected chi connectivity index (χ1v) is 14.9. The largest absolute Gasteiger partial charge is 0.473 e. The molecule has 228 valence electrons. The number of imidazole rings is 1. The standard InChI is InChI=1S/C35H29FN8O2/c1-21-27-17-26(8-10-30(27)43-42-21)38-35(45)24-7-9-31-32(16-24)40-33(39-31)19-44-13-11-23(12-14-44)29-3-2-4-34(41-29)46-20-25-6-5-22(18-37)15-28(25)36/h2-11,15-17H,12-14,19-20H2,1H3,(H,38,45)(H,39,40)(H,42,43). The molecule has 6 aromatic rings. The highest BCUT2D eigenvalue weighted by molar-refractivity contribution is 6.06. The average molecular weight is 613 g/mol.